The molecule has 0 aromatic heterocycles. The van der Waals surface area contributed by atoms with Crippen LogP contribution >= 0.6 is 0 Å². The second-order valence-electron chi connectivity index (χ2n) is 5.13. The van der Waals surface area contributed by atoms with Crippen LogP contribution in [0.4, 0.5) is 0 Å². The molecular weight excluding hydrogens is 290 g/mol. The van der Waals surface area contributed by atoms with Crippen LogP contribution in [0.2, 0.25) is 0 Å². The SMILES string of the molecule is C=CCOc1ccccc1OC[C@H](O)CNCc1ccccc1. The molecular formula is C19H23NO3. The summed E-state index contributed by atoms with van der Waals surface area (Å²) in [6.45, 7) is 5.43. The van der Waals surface area contributed by atoms with Gasteiger partial charge in [0.25, 0.3) is 0 Å². The fourth-order valence-corrected chi connectivity index (χ4v) is 2.06. The van der Waals surface area contributed by atoms with Crippen LogP contribution in [0.25, 0.3) is 0 Å². The molecule has 0 spiro atoms. The van der Waals surface area contributed by atoms with E-state index >= 15 is 0 Å². The average molecular weight is 313 g/mol. The fraction of sp³-hybridized carbons (Fsp3) is 0.263. The van der Waals surface area contributed by atoms with Crippen LogP contribution in [0.15, 0.2) is 67.3 Å². The Kier molecular flexibility index (Phi) is 7.17. The van der Waals surface area contributed by atoms with Crippen LogP contribution in [0.1, 0.15) is 5.56 Å². The van der Waals surface area contributed by atoms with Crippen molar-refractivity contribution in [1.82, 2.24) is 5.32 Å². The topological polar surface area (TPSA) is 50.7 Å². The molecule has 4 heteroatoms. The summed E-state index contributed by atoms with van der Waals surface area (Å²) in [5, 5.41) is 13.2. The van der Waals surface area contributed by atoms with Gasteiger partial charge in [0.1, 0.15) is 19.3 Å². The quantitative estimate of drug-likeness (QED) is 0.662. The Morgan fingerprint density at radius 1 is 1.00 bits per heavy atom. The Bertz CT molecular complexity index is 586. The number of rotatable bonds is 10. The standard InChI is InChI=1S/C19H23NO3/c1-2-12-22-18-10-6-7-11-19(18)23-15-17(21)14-20-13-16-8-4-3-5-9-16/h2-11,17,20-21H,1,12-15H2/t17-/m1/s1. The molecule has 0 fully saturated rings. The molecule has 2 aromatic rings. The minimum Gasteiger partial charge on any atom is -0.487 e. The Hall–Kier alpha value is -2.30. The lowest BCUT2D eigenvalue weighted by atomic mass is 10.2. The van der Waals surface area contributed by atoms with E-state index in [1.807, 2.05) is 54.6 Å². The number of aliphatic hydroxyl groups is 1. The van der Waals surface area contributed by atoms with E-state index in [9.17, 15) is 5.11 Å². The van der Waals surface area contributed by atoms with Crippen LogP contribution in [-0.4, -0.2) is 31.0 Å². The number of hydrogen-bond acceptors (Lipinski definition) is 4. The molecule has 2 N–H and O–H groups in total. The van der Waals surface area contributed by atoms with Crippen LogP contribution in [0.5, 0.6) is 11.5 Å². The molecule has 2 rings (SSSR count). The molecule has 0 aliphatic heterocycles. The van der Waals surface area contributed by atoms with Crippen molar-refractivity contribution in [3.8, 4) is 11.5 Å². The first-order chi connectivity index (χ1) is 11.3. The van der Waals surface area contributed by atoms with Gasteiger partial charge in [-0.1, -0.05) is 55.1 Å². The van der Waals surface area contributed by atoms with E-state index in [4.69, 9.17) is 9.47 Å². The molecule has 0 saturated heterocycles. The summed E-state index contributed by atoms with van der Waals surface area (Å²) in [7, 11) is 0. The van der Waals surface area contributed by atoms with Gasteiger partial charge in [-0.2, -0.15) is 0 Å². The average Bonchev–Trinajstić information content (AvgIpc) is 2.60. The van der Waals surface area contributed by atoms with Gasteiger partial charge >= 0.3 is 0 Å². The molecule has 23 heavy (non-hydrogen) atoms. The van der Waals surface area contributed by atoms with Crippen molar-refractivity contribution in [2.45, 2.75) is 12.6 Å². The van der Waals surface area contributed by atoms with Crippen LogP contribution in [0.3, 0.4) is 0 Å². The minimum atomic E-state index is -0.592. The van der Waals surface area contributed by atoms with Gasteiger partial charge in [-0.05, 0) is 17.7 Å². The highest BCUT2D eigenvalue weighted by Gasteiger charge is 2.08. The van der Waals surface area contributed by atoms with Gasteiger partial charge in [0.15, 0.2) is 11.5 Å². The minimum absolute atomic E-state index is 0.205. The number of benzene rings is 2. The second kappa shape index (κ2) is 9.66. The normalized spacial score (nSPS) is 11.7. The van der Waals surface area contributed by atoms with E-state index in [2.05, 4.69) is 11.9 Å². The van der Waals surface area contributed by atoms with Crippen molar-refractivity contribution in [3.05, 3.63) is 72.8 Å². The smallest absolute Gasteiger partial charge is 0.161 e. The van der Waals surface area contributed by atoms with Gasteiger partial charge in [0.05, 0.1) is 0 Å². The molecule has 0 saturated carbocycles. The van der Waals surface area contributed by atoms with Crippen molar-refractivity contribution in [2.24, 2.45) is 0 Å². The van der Waals surface area contributed by atoms with Crippen LogP contribution < -0.4 is 14.8 Å². The van der Waals surface area contributed by atoms with Gasteiger partial charge < -0.3 is 19.9 Å². The number of aliphatic hydroxyl groups excluding tert-OH is 1. The van der Waals surface area contributed by atoms with Crippen LogP contribution in [0, 0.1) is 0 Å². The lowest BCUT2D eigenvalue weighted by Crippen LogP contribution is -2.31. The predicted molar refractivity (Wildman–Crippen MR) is 91.8 cm³/mol. The highest BCUT2D eigenvalue weighted by Crippen LogP contribution is 2.26. The first-order valence-electron chi connectivity index (χ1n) is 7.68. The van der Waals surface area contributed by atoms with E-state index in [-0.39, 0.29) is 6.61 Å². The summed E-state index contributed by atoms with van der Waals surface area (Å²) in [5.41, 5.74) is 1.18. The number of ether oxygens (including phenoxy) is 2. The lowest BCUT2D eigenvalue weighted by molar-refractivity contribution is 0.104. The Balaban J connectivity index is 1.73. The molecule has 122 valence electrons. The maximum Gasteiger partial charge on any atom is 0.161 e. The Labute approximate surface area is 137 Å². The maximum absolute atomic E-state index is 10.0. The zero-order valence-electron chi connectivity index (χ0n) is 13.2. The molecule has 0 aliphatic carbocycles. The van der Waals surface area contributed by atoms with E-state index < -0.39 is 6.10 Å². The fourth-order valence-electron chi connectivity index (χ4n) is 2.06. The summed E-state index contributed by atoms with van der Waals surface area (Å²) in [6, 6.07) is 17.5. The number of para-hydroxylation sites is 2. The van der Waals surface area contributed by atoms with E-state index in [1.54, 1.807) is 6.08 Å². The summed E-state index contributed by atoms with van der Waals surface area (Å²) in [4.78, 5) is 0. The summed E-state index contributed by atoms with van der Waals surface area (Å²) in [5.74, 6) is 1.27. The molecule has 4 nitrogen and oxygen atoms in total. The third-order valence-corrected chi connectivity index (χ3v) is 3.19. The molecule has 0 heterocycles. The van der Waals surface area contributed by atoms with Crippen molar-refractivity contribution in [2.75, 3.05) is 19.8 Å². The highest BCUT2D eigenvalue weighted by atomic mass is 16.5. The van der Waals surface area contributed by atoms with Crippen molar-refractivity contribution < 1.29 is 14.6 Å². The molecule has 0 bridgehead atoms. The summed E-state index contributed by atoms with van der Waals surface area (Å²) in [6.07, 6.45) is 1.09. The van der Waals surface area contributed by atoms with Crippen molar-refractivity contribution >= 4 is 0 Å². The Morgan fingerprint density at radius 3 is 2.35 bits per heavy atom. The zero-order chi connectivity index (χ0) is 16.3. The first kappa shape index (κ1) is 17.1. The molecule has 2 aromatic carbocycles. The monoisotopic (exact) mass is 313 g/mol. The van der Waals surface area contributed by atoms with Gasteiger partial charge in [-0.25, -0.2) is 0 Å². The highest BCUT2D eigenvalue weighted by molar-refractivity contribution is 5.39. The van der Waals surface area contributed by atoms with E-state index in [0.717, 1.165) is 6.54 Å². The first-order valence-corrected chi connectivity index (χ1v) is 7.68. The lowest BCUT2D eigenvalue weighted by Gasteiger charge is -2.15. The third-order valence-electron chi connectivity index (χ3n) is 3.19. The number of nitrogens with one attached hydrogen (secondary N) is 1. The number of hydrogen-bond donors (Lipinski definition) is 2. The second-order valence-corrected chi connectivity index (χ2v) is 5.13. The van der Waals surface area contributed by atoms with Crippen molar-refractivity contribution in [1.29, 1.82) is 0 Å². The van der Waals surface area contributed by atoms with Gasteiger partial charge in [0, 0.05) is 13.1 Å². The summed E-state index contributed by atoms with van der Waals surface area (Å²) < 4.78 is 11.2. The molecule has 0 aliphatic rings. The molecule has 0 amide bonds. The van der Waals surface area contributed by atoms with Crippen molar-refractivity contribution in [3.63, 3.8) is 0 Å². The third kappa shape index (κ3) is 6.14. The maximum atomic E-state index is 10.0. The van der Waals surface area contributed by atoms with Gasteiger partial charge in [0.2, 0.25) is 0 Å². The van der Waals surface area contributed by atoms with E-state index in [1.165, 1.54) is 5.56 Å². The zero-order valence-corrected chi connectivity index (χ0v) is 13.2. The van der Waals surface area contributed by atoms with Crippen LogP contribution in [-0.2, 0) is 6.54 Å². The van der Waals surface area contributed by atoms with Gasteiger partial charge in [-0.15, -0.1) is 0 Å². The molecule has 0 unspecified atom stereocenters. The predicted octanol–water partition coefficient (Wildman–Crippen LogP) is 2.78. The Morgan fingerprint density at radius 2 is 1.65 bits per heavy atom. The molecule has 1 atom stereocenters. The van der Waals surface area contributed by atoms with Gasteiger partial charge in [-0.3, -0.25) is 0 Å². The summed E-state index contributed by atoms with van der Waals surface area (Å²) >= 11 is 0. The largest absolute Gasteiger partial charge is 0.487 e. The molecule has 0 radical (unpaired) electrons. The van der Waals surface area contributed by atoms with E-state index in [0.29, 0.717) is 24.7 Å².